The molecule has 0 saturated heterocycles. The minimum Gasteiger partial charge on any atom is -0.493 e. The van der Waals surface area contributed by atoms with Gasteiger partial charge in [-0.3, -0.25) is 4.79 Å². The Bertz CT molecular complexity index is 843. The SMILES string of the molecule is COC(=O)Oc1ccc(/C=N/NC(=O)CCSc2ccc(Cl)cc2)cc1OC. The van der Waals surface area contributed by atoms with Crippen LogP contribution in [0.1, 0.15) is 12.0 Å². The van der Waals surface area contributed by atoms with Crippen molar-refractivity contribution >= 4 is 41.6 Å². The van der Waals surface area contributed by atoms with E-state index in [-0.39, 0.29) is 11.7 Å². The van der Waals surface area contributed by atoms with Gasteiger partial charge < -0.3 is 14.2 Å². The molecular formula is C19H19ClN2O5S. The van der Waals surface area contributed by atoms with Crippen molar-refractivity contribution in [1.82, 2.24) is 5.43 Å². The number of nitrogens with zero attached hydrogens (tertiary/aromatic N) is 1. The zero-order valence-electron chi connectivity index (χ0n) is 15.3. The van der Waals surface area contributed by atoms with E-state index < -0.39 is 6.16 Å². The highest BCUT2D eigenvalue weighted by atomic mass is 35.5. The molecule has 0 aliphatic carbocycles. The van der Waals surface area contributed by atoms with Crippen LogP contribution in [0.4, 0.5) is 4.79 Å². The van der Waals surface area contributed by atoms with Crippen molar-refractivity contribution in [2.75, 3.05) is 20.0 Å². The van der Waals surface area contributed by atoms with Crippen LogP contribution in [-0.4, -0.2) is 38.2 Å². The molecule has 0 unspecified atom stereocenters. The van der Waals surface area contributed by atoms with Crippen molar-refractivity contribution in [3.8, 4) is 11.5 Å². The summed E-state index contributed by atoms with van der Waals surface area (Å²) in [7, 11) is 2.66. The van der Waals surface area contributed by atoms with Gasteiger partial charge in [0.25, 0.3) is 0 Å². The zero-order chi connectivity index (χ0) is 20.4. The Morgan fingerprint density at radius 2 is 1.89 bits per heavy atom. The molecule has 0 atom stereocenters. The Morgan fingerprint density at radius 1 is 1.14 bits per heavy atom. The second-order valence-corrected chi connectivity index (χ2v) is 6.92. The number of carbonyl (C=O) groups excluding carboxylic acids is 2. The molecule has 1 amide bonds. The van der Waals surface area contributed by atoms with Gasteiger partial charge in [-0.2, -0.15) is 5.10 Å². The van der Waals surface area contributed by atoms with E-state index in [1.807, 2.05) is 24.3 Å². The molecule has 0 radical (unpaired) electrons. The standard InChI is InChI=1S/C19H19ClN2O5S/c1-25-17-11-13(3-8-16(17)27-19(24)26-2)12-21-22-18(23)9-10-28-15-6-4-14(20)5-7-15/h3-8,11-12H,9-10H2,1-2H3,(H,22,23)/b21-12+. The number of rotatable bonds is 8. The van der Waals surface area contributed by atoms with Crippen LogP contribution in [-0.2, 0) is 9.53 Å². The Hall–Kier alpha value is -2.71. The average molecular weight is 423 g/mol. The lowest BCUT2D eigenvalue weighted by Crippen LogP contribution is -2.17. The van der Waals surface area contributed by atoms with Crippen molar-refractivity contribution < 1.29 is 23.8 Å². The molecule has 0 fully saturated rings. The Morgan fingerprint density at radius 3 is 2.57 bits per heavy atom. The Balaban J connectivity index is 1.81. The van der Waals surface area contributed by atoms with Crippen molar-refractivity contribution in [2.24, 2.45) is 5.10 Å². The summed E-state index contributed by atoms with van der Waals surface area (Å²) in [5.74, 6) is 0.973. The lowest BCUT2D eigenvalue weighted by atomic mass is 10.2. The number of thioether (sulfide) groups is 1. The van der Waals surface area contributed by atoms with Gasteiger partial charge in [0.15, 0.2) is 11.5 Å². The first-order chi connectivity index (χ1) is 13.5. The quantitative estimate of drug-likeness (QED) is 0.226. The van der Waals surface area contributed by atoms with E-state index in [4.69, 9.17) is 21.1 Å². The molecule has 0 heterocycles. The van der Waals surface area contributed by atoms with Gasteiger partial charge in [0.1, 0.15) is 0 Å². The van der Waals surface area contributed by atoms with E-state index in [0.717, 1.165) is 4.90 Å². The summed E-state index contributed by atoms with van der Waals surface area (Å²) < 4.78 is 14.6. The van der Waals surface area contributed by atoms with Gasteiger partial charge in [-0.15, -0.1) is 11.8 Å². The van der Waals surface area contributed by atoms with Gasteiger partial charge in [0.05, 0.1) is 20.4 Å². The highest BCUT2D eigenvalue weighted by Gasteiger charge is 2.10. The first-order valence-corrected chi connectivity index (χ1v) is 9.52. The summed E-state index contributed by atoms with van der Waals surface area (Å²) in [6.07, 6.45) is 0.942. The van der Waals surface area contributed by atoms with Crippen molar-refractivity contribution in [1.29, 1.82) is 0 Å². The molecule has 9 heteroatoms. The molecule has 0 bridgehead atoms. The topological polar surface area (TPSA) is 86.2 Å². The monoisotopic (exact) mass is 422 g/mol. The molecule has 2 rings (SSSR count). The maximum Gasteiger partial charge on any atom is 0.513 e. The molecule has 2 aromatic rings. The number of nitrogens with one attached hydrogen (secondary N) is 1. The molecule has 0 aromatic heterocycles. The summed E-state index contributed by atoms with van der Waals surface area (Å²) >= 11 is 7.40. The number of halogens is 1. The number of methoxy groups -OCH3 is 2. The average Bonchev–Trinajstić information content (AvgIpc) is 2.70. The van der Waals surface area contributed by atoms with Crippen LogP contribution >= 0.6 is 23.4 Å². The number of ether oxygens (including phenoxy) is 3. The van der Waals surface area contributed by atoms with Crippen LogP contribution in [0.2, 0.25) is 5.02 Å². The number of benzene rings is 2. The minimum absolute atomic E-state index is 0.199. The fourth-order valence-electron chi connectivity index (χ4n) is 2.01. The summed E-state index contributed by atoms with van der Waals surface area (Å²) in [6, 6.07) is 12.3. The molecule has 0 saturated carbocycles. The summed E-state index contributed by atoms with van der Waals surface area (Å²) in [5.41, 5.74) is 3.13. The molecule has 0 aliphatic heterocycles. The number of amides is 1. The number of hydrogen-bond acceptors (Lipinski definition) is 7. The van der Waals surface area contributed by atoms with E-state index in [1.54, 1.807) is 30.0 Å². The van der Waals surface area contributed by atoms with Gasteiger partial charge in [0.2, 0.25) is 5.91 Å². The minimum atomic E-state index is -0.844. The first-order valence-electron chi connectivity index (χ1n) is 8.16. The van der Waals surface area contributed by atoms with E-state index in [0.29, 0.717) is 28.5 Å². The lowest BCUT2D eigenvalue weighted by Gasteiger charge is -2.08. The van der Waals surface area contributed by atoms with E-state index in [1.165, 1.54) is 20.4 Å². The fourth-order valence-corrected chi connectivity index (χ4v) is 2.99. The Labute approximate surface area is 172 Å². The molecule has 2 aromatic carbocycles. The smallest absolute Gasteiger partial charge is 0.493 e. The largest absolute Gasteiger partial charge is 0.513 e. The zero-order valence-corrected chi connectivity index (χ0v) is 16.9. The van der Waals surface area contributed by atoms with Crippen LogP contribution < -0.4 is 14.9 Å². The highest BCUT2D eigenvalue weighted by Crippen LogP contribution is 2.28. The van der Waals surface area contributed by atoms with Crippen LogP contribution in [0.15, 0.2) is 52.5 Å². The maximum atomic E-state index is 11.9. The highest BCUT2D eigenvalue weighted by molar-refractivity contribution is 7.99. The van der Waals surface area contributed by atoms with Crippen LogP contribution in [0, 0.1) is 0 Å². The van der Waals surface area contributed by atoms with Gasteiger partial charge >= 0.3 is 6.16 Å². The summed E-state index contributed by atoms with van der Waals surface area (Å²) in [6.45, 7) is 0. The number of hydrogen-bond donors (Lipinski definition) is 1. The number of hydrazone groups is 1. The molecular weight excluding hydrogens is 404 g/mol. The van der Waals surface area contributed by atoms with E-state index in [2.05, 4.69) is 15.3 Å². The third kappa shape index (κ3) is 7.13. The second kappa shape index (κ2) is 11.2. The fraction of sp³-hybridized carbons (Fsp3) is 0.211. The van der Waals surface area contributed by atoms with Gasteiger partial charge in [-0.05, 0) is 48.0 Å². The Kier molecular flexibility index (Phi) is 8.64. The summed E-state index contributed by atoms with van der Waals surface area (Å²) in [4.78, 5) is 24.1. The van der Waals surface area contributed by atoms with Crippen LogP contribution in [0.5, 0.6) is 11.5 Å². The van der Waals surface area contributed by atoms with E-state index >= 15 is 0 Å². The van der Waals surface area contributed by atoms with Crippen LogP contribution in [0.3, 0.4) is 0 Å². The molecule has 148 valence electrons. The number of carbonyl (C=O) groups is 2. The predicted molar refractivity (Wildman–Crippen MR) is 109 cm³/mol. The molecule has 7 nitrogen and oxygen atoms in total. The summed E-state index contributed by atoms with van der Waals surface area (Å²) in [5, 5.41) is 4.60. The molecule has 0 spiro atoms. The molecule has 0 aliphatic rings. The molecule has 1 N–H and O–H groups in total. The third-order valence-corrected chi connectivity index (χ3v) is 4.63. The first kappa shape index (κ1) is 21.6. The third-order valence-electron chi connectivity index (χ3n) is 3.36. The molecule has 28 heavy (non-hydrogen) atoms. The van der Waals surface area contributed by atoms with E-state index in [9.17, 15) is 9.59 Å². The second-order valence-electron chi connectivity index (χ2n) is 5.31. The van der Waals surface area contributed by atoms with Gasteiger partial charge in [0, 0.05) is 22.1 Å². The van der Waals surface area contributed by atoms with Gasteiger partial charge in [-0.1, -0.05) is 11.6 Å². The normalized spacial score (nSPS) is 10.5. The van der Waals surface area contributed by atoms with Crippen molar-refractivity contribution in [3.63, 3.8) is 0 Å². The van der Waals surface area contributed by atoms with Crippen LogP contribution in [0.25, 0.3) is 0 Å². The van der Waals surface area contributed by atoms with Gasteiger partial charge in [-0.25, -0.2) is 10.2 Å². The van der Waals surface area contributed by atoms with Crippen molar-refractivity contribution in [2.45, 2.75) is 11.3 Å². The lowest BCUT2D eigenvalue weighted by molar-refractivity contribution is -0.120. The maximum absolute atomic E-state index is 11.9. The van der Waals surface area contributed by atoms with Crippen molar-refractivity contribution in [3.05, 3.63) is 53.1 Å². The predicted octanol–water partition coefficient (Wildman–Crippen LogP) is 4.13.